The van der Waals surface area contributed by atoms with E-state index < -0.39 is 23.6 Å². The van der Waals surface area contributed by atoms with Crippen LogP contribution in [-0.4, -0.2) is 28.7 Å². The zero-order valence-corrected chi connectivity index (χ0v) is 16.2. The number of halogens is 1. The van der Waals surface area contributed by atoms with Crippen molar-refractivity contribution < 1.29 is 19.4 Å². The van der Waals surface area contributed by atoms with Gasteiger partial charge in [-0.25, -0.2) is 4.79 Å². The van der Waals surface area contributed by atoms with E-state index in [1.165, 1.54) is 6.07 Å². The number of nitrogen functional groups attached to an aromatic ring is 1. The van der Waals surface area contributed by atoms with Gasteiger partial charge in [-0.3, -0.25) is 4.79 Å². The lowest BCUT2D eigenvalue weighted by atomic mass is 10.0. The van der Waals surface area contributed by atoms with Crippen molar-refractivity contribution in [2.24, 2.45) is 0 Å². The van der Waals surface area contributed by atoms with Crippen LogP contribution in [0.2, 0.25) is 5.02 Å². The van der Waals surface area contributed by atoms with Crippen LogP contribution in [-0.2, 0) is 16.0 Å². The number of hydrogen-bond acceptors (Lipinski definition) is 5. The van der Waals surface area contributed by atoms with Gasteiger partial charge >= 0.3 is 5.97 Å². The Hall–Kier alpha value is -2.57. The maximum Gasteiger partial charge on any atom is 0.338 e. The summed E-state index contributed by atoms with van der Waals surface area (Å²) in [6.07, 6.45) is -1.28. The van der Waals surface area contributed by atoms with Crippen LogP contribution >= 0.6 is 11.6 Å². The first-order valence-electron chi connectivity index (χ1n) is 8.41. The third kappa shape index (κ3) is 6.27. The highest BCUT2D eigenvalue weighted by atomic mass is 35.5. The molecule has 7 heteroatoms. The van der Waals surface area contributed by atoms with Crippen LogP contribution in [0.5, 0.6) is 0 Å². The number of ether oxygens (including phenoxy) is 1. The minimum atomic E-state index is -1.30. The number of carbonyl (C=O) groups excluding carboxylic acids is 2. The molecule has 0 bridgehead atoms. The van der Waals surface area contributed by atoms with E-state index in [4.69, 9.17) is 22.1 Å². The number of esters is 1. The molecule has 0 saturated carbocycles. The van der Waals surface area contributed by atoms with Crippen molar-refractivity contribution >= 4 is 34.9 Å². The second-order valence-electron chi connectivity index (χ2n) is 7.13. The number of aliphatic hydroxyl groups excluding tert-OH is 1. The third-order valence-electron chi connectivity index (χ3n) is 3.61. The van der Waals surface area contributed by atoms with Crippen molar-refractivity contribution in [2.45, 2.75) is 38.9 Å². The van der Waals surface area contributed by atoms with Crippen LogP contribution in [0.1, 0.15) is 36.7 Å². The number of hydrogen-bond donors (Lipinski definition) is 3. The molecule has 0 saturated heterocycles. The van der Waals surface area contributed by atoms with Crippen molar-refractivity contribution in [2.75, 3.05) is 11.1 Å². The number of aliphatic hydroxyl groups is 1. The Labute approximate surface area is 163 Å². The van der Waals surface area contributed by atoms with Crippen LogP contribution in [0.3, 0.4) is 0 Å². The molecule has 2 aromatic carbocycles. The standard InChI is InChI=1S/C20H23ClN2O4/c1-20(2,3)27-19(26)13-5-4-12(16(22)10-13)11-17(24)18(25)23-15-8-6-14(21)7-9-15/h4-10,17,24H,11,22H2,1-3H3,(H,23,25). The Kier molecular flexibility index (Phi) is 6.46. The van der Waals surface area contributed by atoms with Gasteiger partial charge in [0.25, 0.3) is 5.91 Å². The summed E-state index contributed by atoms with van der Waals surface area (Å²) in [5.74, 6) is -1.05. The summed E-state index contributed by atoms with van der Waals surface area (Å²) in [4.78, 5) is 24.2. The lowest BCUT2D eigenvalue weighted by Crippen LogP contribution is -2.29. The number of benzene rings is 2. The lowest BCUT2D eigenvalue weighted by molar-refractivity contribution is -0.123. The predicted molar refractivity (Wildman–Crippen MR) is 106 cm³/mol. The highest BCUT2D eigenvalue weighted by Gasteiger charge is 2.20. The van der Waals surface area contributed by atoms with E-state index in [2.05, 4.69) is 5.32 Å². The first-order valence-corrected chi connectivity index (χ1v) is 8.79. The highest BCUT2D eigenvalue weighted by molar-refractivity contribution is 6.30. The normalized spacial score (nSPS) is 12.3. The quantitative estimate of drug-likeness (QED) is 0.536. The molecule has 27 heavy (non-hydrogen) atoms. The Balaban J connectivity index is 2.02. The van der Waals surface area contributed by atoms with Crippen LogP contribution < -0.4 is 11.1 Å². The first-order chi connectivity index (χ1) is 12.5. The van der Waals surface area contributed by atoms with Crippen molar-refractivity contribution in [3.63, 3.8) is 0 Å². The Bertz CT molecular complexity index is 829. The largest absolute Gasteiger partial charge is 0.456 e. The fourth-order valence-electron chi connectivity index (χ4n) is 2.30. The predicted octanol–water partition coefficient (Wildman–Crippen LogP) is 3.42. The minimum absolute atomic E-state index is 0.0137. The summed E-state index contributed by atoms with van der Waals surface area (Å²) in [6, 6.07) is 11.2. The number of carbonyl (C=O) groups is 2. The van der Waals surface area contributed by atoms with Crippen LogP contribution in [0.4, 0.5) is 11.4 Å². The van der Waals surface area contributed by atoms with Gasteiger partial charge in [0.2, 0.25) is 0 Å². The summed E-state index contributed by atoms with van der Waals surface area (Å²) in [7, 11) is 0. The second-order valence-corrected chi connectivity index (χ2v) is 7.57. The first kappa shape index (κ1) is 20.7. The fourth-order valence-corrected chi connectivity index (χ4v) is 2.43. The summed E-state index contributed by atoms with van der Waals surface area (Å²) in [5.41, 5.74) is 7.06. The molecule has 1 unspecified atom stereocenters. The number of nitrogens with two attached hydrogens (primary N) is 1. The van der Waals surface area contributed by atoms with Crippen molar-refractivity contribution in [1.82, 2.24) is 0 Å². The fraction of sp³-hybridized carbons (Fsp3) is 0.300. The van der Waals surface area contributed by atoms with Gasteiger partial charge in [0.05, 0.1) is 5.56 Å². The Morgan fingerprint density at radius 3 is 2.37 bits per heavy atom. The Morgan fingerprint density at radius 2 is 1.81 bits per heavy atom. The van der Waals surface area contributed by atoms with E-state index in [-0.39, 0.29) is 6.42 Å². The number of anilines is 2. The van der Waals surface area contributed by atoms with E-state index in [9.17, 15) is 14.7 Å². The van der Waals surface area contributed by atoms with Gasteiger partial charge in [0.1, 0.15) is 11.7 Å². The van der Waals surface area contributed by atoms with E-state index in [1.807, 2.05) is 0 Å². The summed E-state index contributed by atoms with van der Waals surface area (Å²) in [5, 5.41) is 13.3. The third-order valence-corrected chi connectivity index (χ3v) is 3.86. The molecule has 0 aliphatic carbocycles. The molecule has 1 atom stereocenters. The van der Waals surface area contributed by atoms with Crippen molar-refractivity contribution in [1.29, 1.82) is 0 Å². The average molecular weight is 391 g/mol. The van der Waals surface area contributed by atoms with E-state index in [0.717, 1.165) is 0 Å². The van der Waals surface area contributed by atoms with Gasteiger partial charge in [-0.05, 0) is 62.7 Å². The number of rotatable bonds is 5. The molecule has 0 radical (unpaired) electrons. The monoisotopic (exact) mass is 390 g/mol. The van der Waals surface area contributed by atoms with Crippen LogP contribution in [0.25, 0.3) is 0 Å². The van der Waals surface area contributed by atoms with Gasteiger partial charge in [-0.1, -0.05) is 17.7 Å². The molecule has 0 aliphatic heterocycles. The zero-order chi connectivity index (χ0) is 20.2. The molecule has 0 spiro atoms. The van der Waals surface area contributed by atoms with E-state index >= 15 is 0 Å². The van der Waals surface area contributed by atoms with Crippen molar-refractivity contribution in [3.05, 3.63) is 58.6 Å². The highest BCUT2D eigenvalue weighted by Crippen LogP contribution is 2.20. The van der Waals surface area contributed by atoms with Crippen LogP contribution in [0, 0.1) is 0 Å². The maximum absolute atomic E-state index is 12.1. The van der Waals surface area contributed by atoms with Gasteiger partial charge in [0, 0.05) is 22.8 Å². The molecule has 0 heterocycles. The maximum atomic E-state index is 12.1. The Morgan fingerprint density at radius 1 is 1.19 bits per heavy atom. The molecule has 144 valence electrons. The van der Waals surface area contributed by atoms with Gasteiger partial charge in [0.15, 0.2) is 0 Å². The molecule has 4 N–H and O–H groups in total. The molecule has 2 aromatic rings. The molecule has 1 amide bonds. The molecular formula is C20H23ClN2O4. The molecule has 0 aliphatic rings. The SMILES string of the molecule is CC(C)(C)OC(=O)c1ccc(CC(O)C(=O)Nc2ccc(Cl)cc2)c(N)c1. The molecule has 6 nitrogen and oxygen atoms in total. The number of amides is 1. The number of nitrogens with one attached hydrogen (secondary N) is 1. The van der Waals surface area contributed by atoms with Crippen LogP contribution in [0.15, 0.2) is 42.5 Å². The molecule has 0 fully saturated rings. The minimum Gasteiger partial charge on any atom is -0.456 e. The van der Waals surface area contributed by atoms with Gasteiger partial charge in [-0.2, -0.15) is 0 Å². The summed E-state index contributed by atoms with van der Waals surface area (Å²) in [6.45, 7) is 5.33. The smallest absolute Gasteiger partial charge is 0.338 e. The topological polar surface area (TPSA) is 102 Å². The van der Waals surface area contributed by atoms with E-state index in [1.54, 1.807) is 57.2 Å². The van der Waals surface area contributed by atoms with Gasteiger partial charge in [-0.15, -0.1) is 0 Å². The molecular weight excluding hydrogens is 368 g/mol. The lowest BCUT2D eigenvalue weighted by Gasteiger charge is -2.20. The molecule has 0 aromatic heterocycles. The average Bonchev–Trinajstić information content (AvgIpc) is 2.57. The van der Waals surface area contributed by atoms with Crippen molar-refractivity contribution in [3.8, 4) is 0 Å². The van der Waals surface area contributed by atoms with Gasteiger partial charge < -0.3 is 20.9 Å². The molecule has 2 rings (SSSR count). The summed E-state index contributed by atoms with van der Waals surface area (Å²) >= 11 is 5.80. The zero-order valence-electron chi connectivity index (χ0n) is 15.5. The van der Waals surface area contributed by atoms with E-state index in [0.29, 0.717) is 27.5 Å². The summed E-state index contributed by atoms with van der Waals surface area (Å²) < 4.78 is 5.30. The second kappa shape index (κ2) is 8.41.